The molecule has 0 radical (unpaired) electrons. The van der Waals surface area contributed by atoms with Crippen LogP contribution in [0.5, 0.6) is 17.4 Å². The van der Waals surface area contributed by atoms with E-state index in [2.05, 4.69) is 16.3 Å². The number of nitriles is 1. The van der Waals surface area contributed by atoms with Crippen LogP contribution in [0, 0.1) is 11.3 Å². The number of ether oxygens (including phenoxy) is 2. The van der Waals surface area contributed by atoms with E-state index in [9.17, 15) is 25.1 Å². The number of nitrogens with two attached hydrogens (primary N) is 1. The van der Waals surface area contributed by atoms with Gasteiger partial charge in [0, 0.05) is 42.0 Å². The summed E-state index contributed by atoms with van der Waals surface area (Å²) in [5.41, 5.74) is 7.13. The van der Waals surface area contributed by atoms with Crippen molar-refractivity contribution < 1.29 is 29.3 Å². The van der Waals surface area contributed by atoms with E-state index >= 15 is 0 Å². The van der Waals surface area contributed by atoms with Crippen molar-refractivity contribution in [3.63, 3.8) is 0 Å². The minimum atomic E-state index is -0.918. The number of hydrogen-bond acceptors (Lipinski definition) is 9. The van der Waals surface area contributed by atoms with Crippen LogP contribution in [-0.4, -0.2) is 56.0 Å². The standard InChI is InChI=1S/C30H25N5O6/c31-14-18-3-4-19-12-28(24(30(32)39)11-20(19)10-18)40-17-27(38)25-15-35(9-7-21(37)16-36)26-13-22(5-6-23(25)26)41-29-2-1-8-33-34-29/h1-6,8,10-13,15,21,36-37H,7,9,16-17H2,(H2,32,39). The second-order valence-corrected chi connectivity index (χ2v) is 9.30. The largest absolute Gasteiger partial charge is 0.485 e. The zero-order chi connectivity index (χ0) is 28.9. The van der Waals surface area contributed by atoms with Crippen molar-refractivity contribution >= 4 is 33.4 Å². The maximum absolute atomic E-state index is 13.4. The van der Waals surface area contributed by atoms with Crippen molar-refractivity contribution in [2.45, 2.75) is 19.1 Å². The van der Waals surface area contributed by atoms with Gasteiger partial charge in [0.05, 0.1) is 35.4 Å². The van der Waals surface area contributed by atoms with Crippen LogP contribution in [0.4, 0.5) is 0 Å². The van der Waals surface area contributed by atoms with Crippen molar-refractivity contribution in [2.75, 3.05) is 13.2 Å². The lowest BCUT2D eigenvalue weighted by molar-refractivity contribution is 0.0849. The zero-order valence-corrected chi connectivity index (χ0v) is 21.7. The van der Waals surface area contributed by atoms with Gasteiger partial charge in [-0.1, -0.05) is 6.07 Å². The maximum Gasteiger partial charge on any atom is 0.252 e. The van der Waals surface area contributed by atoms with Gasteiger partial charge in [-0.25, -0.2) is 0 Å². The second-order valence-electron chi connectivity index (χ2n) is 9.30. The molecule has 3 aromatic carbocycles. The van der Waals surface area contributed by atoms with Gasteiger partial charge in [0.25, 0.3) is 5.91 Å². The highest BCUT2D eigenvalue weighted by atomic mass is 16.5. The summed E-state index contributed by atoms with van der Waals surface area (Å²) in [5.74, 6) is -0.162. The summed E-state index contributed by atoms with van der Waals surface area (Å²) in [6, 6.07) is 18.8. The number of aryl methyl sites for hydroxylation is 1. The molecule has 2 aromatic heterocycles. The maximum atomic E-state index is 13.4. The first-order chi connectivity index (χ1) is 19.9. The number of fused-ring (bicyclic) bond motifs is 2. The smallest absolute Gasteiger partial charge is 0.252 e. The molecular formula is C30H25N5O6. The van der Waals surface area contributed by atoms with E-state index in [1.165, 1.54) is 12.3 Å². The first kappa shape index (κ1) is 27.3. The molecule has 4 N–H and O–H groups in total. The van der Waals surface area contributed by atoms with Gasteiger partial charge in [-0.2, -0.15) is 10.4 Å². The lowest BCUT2D eigenvalue weighted by atomic mass is 10.0. The lowest BCUT2D eigenvalue weighted by Gasteiger charge is -2.11. The molecule has 206 valence electrons. The molecule has 0 spiro atoms. The summed E-state index contributed by atoms with van der Waals surface area (Å²) in [4.78, 5) is 25.6. The van der Waals surface area contributed by atoms with E-state index in [0.717, 1.165) is 0 Å². The van der Waals surface area contributed by atoms with Crippen molar-refractivity contribution in [3.05, 3.63) is 89.7 Å². The number of hydrogen-bond donors (Lipinski definition) is 3. The van der Waals surface area contributed by atoms with E-state index in [4.69, 9.17) is 15.2 Å². The van der Waals surface area contributed by atoms with E-state index in [1.54, 1.807) is 65.4 Å². The summed E-state index contributed by atoms with van der Waals surface area (Å²) < 4.78 is 13.4. The molecule has 11 nitrogen and oxygen atoms in total. The van der Waals surface area contributed by atoms with E-state index in [-0.39, 0.29) is 36.7 Å². The number of aliphatic hydroxyl groups is 2. The van der Waals surface area contributed by atoms with Crippen molar-refractivity contribution in [1.29, 1.82) is 5.26 Å². The molecule has 41 heavy (non-hydrogen) atoms. The molecule has 0 aliphatic heterocycles. The predicted molar refractivity (Wildman–Crippen MR) is 149 cm³/mol. The summed E-state index contributed by atoms with van der Waals surface area (Å²) in [6.07, 6.45) is 2.53. The Bertz CT molecular complexity index is 1790. The van der Waals surface area contributed by atoms with Crippen LogP contribution in [0.2, 0.25) is 0 Å². The van der Waals surface area contributed by atoms with E-state index < -0.39 is 12.0 Å². The topological polar surface area (TPSA) is 174 Å². The Labute approximate surface area is 234 Å². The van der Waals surface area contributed by atoms with E-state index in [0.29, 0.717) is 51.0 Å². The Balaban J connectivity index is 1.44. The summed E-state index contributed by atoms with van der Waals surface area (Å²) >= 11 is 0. The van der Waals surface area contributed by atoms with Crippen LogP contribution in [0.15, 0.2) is 73.1 Å². The summed E-state index contributed by atoms with van der Waals surface area (Å²) in [7, 11) is 0. The molecule has 0 aliphatic carbocycles. The normalized spacial score (nSPS) is 11.7. The van der Waals surface area contributed by atoms with Crippen LogP contribution in [-0.2, 0) is 6.54 Å². The number of carbonyl (C=O) groups excluding carboxylic acids is 2. The SMILES string of the molecule is N#Cc1ccc2cc(OCC(=O)c3cn(CCC(O)CO)c4cc(Oc5cccnn5)ccc34)c(C(N)=O)cc2c1. The Hall–Kier alpha value is -5.31. The fourth-order valence-corrected chi connectivity index (χ4v) is 4.46. The summed E-state index contributed by atoms with van der Waals surface area (Å²) in [5, 5.41) is 38.0. The van der Waals surface area contributed by atoms with Gasteiger partial charge in [0.2, 0.25) is 11.7 Å². The highest BCUT2D eigenvalue weighted by molar-refractivity contribution is 6.09. The fourth-order valence-electron chi connectivity index (χ4n) is 4.46. The van der Waals surface area contributed by atoms with Crippen LogP contribution in [0.25, 0.3) is 21.7 Å². The van der Waals surface area contributed by atoms with Crippen LogP contribution >= 0.6 is 0 Å². The molecular weight excluding hydrogens is 526 g/mol. The third-order valence-corrected chi connectivity index (χ3v) is 6.53. The summed E-state index contributed by atoms with van der Waals surface area (Å²) in [6.45, 7) is -0.438. The molecule has 2 heterocycles. The van der Waals surface area contributed by atoms with Crippen molar-refractivity contribution in [2.24, 2.45) is 5.73 Å². The highest BCUT2D eigenvalue weighted by Crippen LogP contribution is 2.30. The quantitative estimate of drug-likeness (QED) is 0.208. The van der Waals surface area contributed by atoms with Crippen LogP contribution in [0.1, 0.15) is 32.7 Å². The van der Waals surface area contributed by atoms with E-state index in [1.807, 2.05) is 0 Å². The molecule has 5 rings (SSSR count). The Kier molecular flexibility index (Phi) is 7.87. The first-order valence-corrected chi connectivity index (χ1v) is 12.7. The molecule has 0 aliphatic rings. The number of Topliss-reactive ketones (excluding diaryl/α,β-unsaturated/α-hetero) is 1. The molecule has 1 amide bonds. The number of benzene rings is 3. The average molecular weight is 552 g/mol. The zero-order valence-electron chi connectivity index (χ0n) is 21.7. The number of amides is 1. The highest BCUT2D eigenvalue weighted by Gasteiger charge is 2.19. The molecule has 1 atom stereocenters. The third kappa shape index (κ3) is 5.99. The van der Waals surface area contributed by atoms with Gasteiger partial charge >= 0.3 is 0 Å². The van der Waals surface area contributed by atoms with Gasteiger partial charge < -0.3 is 30.0 Å². The third-order valence-electron chi connectivity index (χ3n) is 6.53. The number of primary amides is 1. The average Bonchev–Trinajstić information content (AvgIpc) is 3.36. The second kappa shape index (κ2) is 11.8. The van der Waals surface area contributed by atoms with Gasteiger partial charge in [0.1, 0.15) is 11.5 Å². The minimum Gasteiger partial charge on any atom is -0.485 e. The number of ketones is 1. The first-order valence-electron chi connectivity index (χ1n) is 12.7. The van der Waals surface area contributed by atoms with Gasteiger partial charge in [-0.3, -0.25) is 9.59 Å². The number of carbonyl (C=O) groups is 2. The van der Waals surface area contributed by atoms with Gasteiger partial charge in [-0.15, -0.1) is 5.10 Å². The van der Waals surface area contributed by atoms with Gasteiger partial charge in [-0.05, 0) is 59.7 Å². The number of rotatable bonds is 11. The Morgan fingerprint density at radius 2 is 1.93 bits per heavy atom. The molecule has 0 saturated heterocycles. The van der Waals surface area contributed by atoms with Gasteiger partial charge in [0.15, 0.2) is 6.61 Å². The van der Waals surface area contributed by atoms with Crippen molar-refractivity contribution in [1.82, 2.24) is 14.8 Å². The number of nitrogens with zero attached hydrogens (tertiary/aromatic N) is 4. The van der Waals surface area contributed by atoms with Crippen LogP contribution < -0.4 is 15.2 Å². The number of aromatic nitrogens is 3. The number of aliphatic hydroxyl groups excluding tert-OH is 2. The fraction of sp³-hybridized carbons (Fsp3) is 0.167. The molecule has 1 unspecified atom stereocenters. The molecule has 11 heteroatoms. The minimum absolute atomic E-state index is 0.0895. The van der Waals surface area contributed by atoms with Crippen LogP contribution in [0.3, 0.4) is 0 Å². The monoisotopic (exact) mass is 551 g/mol. The molecule has 0 fully saturated rings. The molecule has 5 aromatic rings. The molecule has 0 saturated carbocycles. The Morgan fingerprint density at radius 1 is 1.07 bits per heavy atom. The lowest BCUT2D eigenvalue weighted by Crippen LogP contribution is -2.17. The molecule has 0 bridgehead atoms. The predicted octanol–water partition coefficient (Wildman–Crippen LogP) is 3.35. The van der Waals surface area contributed by atoms with Crippen molar-refractivity contribution in [3.8, 4) is 23.4 Å². The Morgan fingerprint density at radius 3 is 2.66 bits per heavy atom.